The summed E-state index contributed by atoms with van der Waals surface area (Å²) >= 11 is 0. The van der Waals surface area contributed by atoms with Crippen LogP contribution in [-0.4, -0.2) is 11.6 Å². The second-order valence-electron chi connectivity index (χ2n) is 8.77. The molecule has 0 fully saturated rings. The first-order valence-electron chi connectivity index (χ1n) is 11.5. The Hall–Kier alpha value is -3.21. The zero-order valence-corrected chi connectivity index (χ0v) is 19.8. The molecule has 0 N–H and O–H groups in total. The molecular formula is C29H29F3O2. The van der Waals surface area contributed by atoms with E-state index >= 15 is 0 Å². The summed E-state index contributed by atoms with van der Waals surface area (Å²) in [5.41, 5.74) is 5.45. The summed E-state index contributed by atoms with van der Waals surface area (Å²) in [6.07, 6.45) is -2.42. The van der Waals surface area contributed by atoms with E-state index in [0.29, 0.717) is 30.4 Å². The van der Waals surface area contributed by atoms with E-state index in [1.807, 2.05) is 50.2 Å². The van der Waals surface area contributed by atoms with Crippen LogP contribution in [0.1, 0.15) is 69.1 Å². The Morgan fingerprint density at radius 1 is 0.824 bits per heavy atom. The Kier molecular flexibility index (Phi) is 8.08. The largest absolute Gasteiger partial charge is 0.416 e. The maximum absolute atomic E-state index is 13.0. The number of hydrogen-bond donors (Lipinski definition) is 0. The molecule has 178 valence electrons. The smallest absolute Gasteiger partial charge is 0.299 e. The van der Waals surface area contributed by atoms with Crippen molar-refractivity contribution in [1.82, 2.24) is 0 Å². The van der Waals surface area contributed by atoms with Gasteiger partial charge in [-0.3, -0.25) is 9.59 Å². The van der Waals surface area contributed by atoms with Crippen molar-refractivity contribution in [1.29, 1.82) is 0 Å². The van der Waals surface area contributed by atoms with E-state index in [0.717, 1.165) is 39.9 Å². The Morgan fingerprint density at radius 3 is 2.26 bits per heavy atom. The molecule has 2 nitrogen and oxygen atoms in total. The molecular weight excluding hydrogens is 437 g/mol. The first-order valence-corrected chi connectivity index (χ1v) is 11.5. The molecule has 3 rings (SSSR count). The minimum Gasteiger partial charge on any atom is -0.299 e. The van der Waals surface area contributed by atoms with Gasteiger partial charge in [0.25, 0.3) is 0 Å². The number of Topliss-reactive ketones (excluding diaryl/α,β-unsaturated/α-hetero) is 2. The fraction of sp³-hybridized carbons (Fsp3) is 0.310. The van der Waals surface area contributed by atoms with E-state index in [1.54, 1.807) is 6.92 Å². The van der Waals surface area contributed by atoms with Crippen molar-refractivity contribution in [3.8, 4) is 0 Å². The number of carbonyl (C=O) groups is 2. The van der Waals surface area contributed by atoms with Crippen molar-refractivity contribution in [2.45, 2.75) is 59.1 Å². The third kappa shape index (κ3) is 6.66. The topological polar surface area (TPSA) is 34.1 Å². The van der Waals surface area contributed by atoms with Crippen LogP contribution in [0, 0.1) is 13.8 Å². The van der Waals surface area contributed by atoms with Gasteiger partial charge in [0.15, 0.2) is 5.78 Å². The summed E-state index contributed by atoms with van der Waals surface area (Å²) in [4.78, 5) is 24.5. The van der Waals surface area contributed by atoms with Gasteiger partial charge in [-0.25, -0.2) is 0 Å². The molecule has 0 aromatic heterocycles. The van der Waals surface area contributed by atoms with Gasteiger partial charge in [0.1, 0.15) is 5.78 Å². The number of alkyl halides is 3. The van der Waals surface area contributed by atoms with E-state index < -0.39 is 11.7 Å². The van der Waals surface area contributed by atoms with Crippen molar-refractivity contribution >= 4 is 11.6 Å². The fourth-order valence-electron chi connectivity index (χ4n) is 4.01. The monoisotopic (exact) mass is 466 g/mol. The minimum absolute atomic E-state index is 0.000357. The number of hydrogen-bond acceptors (Lipinski definition) is 2. The van der Waals surface area contributed by atoms with E-state index in [9.17, 15) is 22.8 Å². The third-order valence-electron chi connectivity index (χ3n) is 6.13. The Bertz CT molecular complexity index is 1190. The molecule has 3 aromatic carbocycles. The Labute approximate surface area is 198 Å². The maximum atomic E-state index is 13.0. The van der Waals surface area contributed by atoms with Crippen LogP contribution < -0.4 is 0 Å². The van der Waals surface area contributed by atoms with Gasteiger partial charge < -0.3 is 0 Å². The lowest BCUT2D eigenvalue weighted by Crippen LogP contribution is -2.09. The Morgan fingerprint density at radius 2 is 1.59 bits per heavy atom. The predicted octanol–water partition coefficient (Wildman–Crippen LogP) is 7.25. The van der Waals surface area contributed by atoms with Gasteiger partial charge in [-0.15, -0.1) is 0 Å². The molecule has 0 aliphatic heterocycles. The van der Waals surface area contributed by atoms with Crippen molar-refractivity contribution < 1.29 is 22.8 Å². The fourth-order valence-corrected chi connectivity index (χ4v) is 4.01. The van der Waals surface area contributed by atoms with Crippen molar-refractivity contribution in [3.63, 3.8) is 0 Å². The lowest BCUT2D eigenvalue weighted by Gasteiger charge is -2.12. The number of ketones is 2. The highest BCUT2D eigenvalue weighted by atomic mass is 19.4. The molecule has 0 amide bonds. The molecule has 0 saturated carbocycles. The van der Waals surface area contributed by atoms with Gasteiger partial charge >= 0.3 is 6.18 Å². The summed E-state index contributed by atoms with van der Waals surface area (Å²) < 4.78 is 39.0. The molecule has 0 atom stereocenters. The van der Waals surface area contributed by atoms with Crippen LogP contribution in [0.3, 0.4) is 0 Å². The molecule has 0 spiro atoms. The molecule has 34 heavy (non-hydrogen) atoms. The zero-order valence-electron chi connectivity index (χ0n) is 19.8. The molecule has 3 aromatic rings. The first-order chi connectivity index (χ1) is 16.1. The lowest BCUT2D eigenvalue weighted by molar-refractivity contribution is -0.137. The highest BCUT2D eigenvalue weighted by Gasteiger charge is 2.30. The summed E-state index contributed by atoms with van der Waals surface area (Å²) in [5.74, 6) is 0.0421. The summed E-state index contributed by atoms with van der Waals surface area (Å²) in [6, 6.07) is 17.3. The Balaban J connectivity index is 1.62. The van der Waals surface area contributed by atoms with Crippen LogP contribution in [-0.2, 0) is 30.2 Å². The van der Waals surface area contributed by atoms with Crippen LogP contribution in [0.15, 0.2) is 60.7 Å². The molecule has 0 heterocycles. The van der Waals surface area contributed by atoms with Crippen LogP contribution in [0.2, 0.25) is 0 Å². The maximum Gasteiger partial charge on any atom is 0.416 e. The van der Waals surface area contributed by atoms with Crippen LogP contribution in [0.5, 0.6) is 0 Å². The quantitative estimate of drug-likeness (QED) is 0.311. The number of aryl methyl sites for hydroxylation is 3. The van der Waals surface area contributed by atoms with Crippen LogP contribution >= 0.6 is 0 Å². The SMILES string of the molecule is CCC(=O)c1cccc(Cc2ccc(CCC(=O)Cc3cc(C(F)(F)F)ccc3C)cc2C)c1. The van der Waals surface area contributed by atoms with Gasteiger partial charge in [0.05, 0.1) is 5.56 Å². The second-order valence-corrected chi connectivity index (χ2v) is 8.77. The molecule has 5 heteroatoms. The average Bonchev–Trinajstić information content (AvgIpc) is 2.79. The van der Waals surface area contributed by atoms with E-state index in [-0.39, 0.29) is 24.4 Å². The van der Waals surface area contributed by atoms with Gasteiger partial charge in [-0.2, -0.15) is 13.2 Å². The van der Waals surface area contributed by atoms with Crippen LogP contribution in [0.25, 0.3) is 0 Å². The summed E-state index contributed by atoms with van der Waals surface area (Å²) in [6.45, 7) is 5.59. The minimum atomic E-state index is -4.42. The molecule has 0 aliphatic rings. The molecule has 0 saturated heterocycles. The van der Waals surface area contributed by atoms with Gasteiger partial charge in [0.2, 0.25) is 0 Å². The van der Waals surface area contributed by atoms with E-state index in [2.05, 4.69) is 6.07 Å². The normalized spacial score (nSPS) is 11.5. The van der Waals surface area contributed by atoms with Crippen LogP contribution in [0.4, 0.5) is 13.2 Å². The average molecular weight is 467 g/mol. The molecule has 0 radical (unpaired) electrons. The van der Waals surface area contributed by atoms with E-state index in [4.69, 9.17) is 0 Å². The summed E-state index contributed by atoms with van der Waals surface area (Å²) in [7, 11) is 0. The molecule has 0 aliphatic carbocycles. The predicted molar refractivity (Wildman–Crippen MR) is 128 cm³/mol. The highest BCUT2D eigenvalue weighted by Crippen LogP contribution is 2.30. The lowest BCUT2D eigenvalue weighted by atomic mass is 9.94. The standard InChI is InChI=1S/C29H29F3O2/c1-4-28(34)24-7-5-6-22(16-24)15-23-11-9-21(14-20(23)3)10-13-27(33)18-25-17-26(29(30,31)32)12-8-19(25)2/h5-9,11-12,14,16-17H,4,10,13,15,18H2,1-3H3. The number of rotatable bonds is 9. The third-order valence-corrected chi connectivity index (χ3v) is 6.13. The molecule has 0 unspecified atom stereocenters. The number of benzene rings is 3. The van der Waals surface area contributed by atoms with Gasteiger partial charge in [-0.1, -0.05) is 49.4 Å². The highest BCUT2D eigenvalue weighted by molar-refractivity contribution is 5.96. The van der Waals surface area contributed by atoms with Crippen molar-refractivity contribution in [2.75, 3.05) is 0 Å². The van der Waals surface area contributed by atoms with Gasteiger partial charge in [0, 0.05) is 24.8 Å². The molecule has 0 bridgehead atoms. The zero-order chi connectivity index (χ0) is 24.9. The summed E-state index contributed by atoms with van der Waals surface area (Å²) in [5, 5.41) is 0. The van der Waals surface area contributed by atoms with Crippen molar-refractivity contribution in [2.24, 2.45) is 0 Å². The number of halogens is 3. The number of carbonyl (C=O) groups excluding carboxylic acids is 2. The first kappa shape index (κ1) is 25.4. The van der Waals surface area contributed by atoms with Gasteiger partial charge in [-0.05, 0) is 78.3 Å². The van der Waals surface area contributed by atoms with Crippen molar-refractivity contribution in [3.05, 3.63) is 105 Å². The van der Waals surface area contributed by atoms with E-state index in [1.165, 1.54) is 6.07 Å². The second kappa shape index (κ2) is 10.8.